The largest absolute Gasteiger partial charge is 0.348 e. The molecule has 0 atom stereocenters. The van der Waals surface area contributed by atoms with Crippen LogP contribution in [0.15, 0.2) is 77.7 Å². The Morgan fingerprint density at radius 2 is 1.65 bits per heavy atom. The molecule has 154 valence electrons. The number of nitriles is 1. The van der Waals surface area contributed by atoms with Gasteiger partial charge in [0, 0.05) is 30.3 Å². The van der Waals surface area contributed by atoms with Crippen molar-refractivity contribution in [3.8, 4) is 17.9 Å². The van der Waals surface area contributed by atoms with Gasteiger partial charge in [-0.3, -0.25) is 4.79 Å². The van der Waals surface area contributed by atoms with Crippen LogP contribution in [0.1, 0.15) is 32.6 Å². The minimum absolute atomic E-state index is 0.238. The van der Waals surface area contributed by atoms with Crippen molar-refractivity contribution in [2.24, 2.45) is 0 Å². The molecule has 0 aliphatic heterocycles. The van der Waals surface area contributed by atoms with Gasteiger partial charge in [0.15, 0.2) is 9.84 Å². The van der Waals surface area contributed by atoms with Gasteiger partial charge in [0.2, 0.25) is 0 Å². The molecule has 6 heteroatoms. The average molecular weight is 429 g/mol. The molecule has 0 heterocycles. The standard InChI is InChI=1S/C25H20N2O3S/c1-31(29,30)24-13-11-21(12-14-24)18-27-25(28)23-10-4-8-20(16-23)7-2-5-19-6-3-9-22(15-19)17-26/h3-4,6,8-16H,5,18H2,1H3,(H,27,28). The highest BCUT2D eigenvalue weighted by atomic mass is 32.2. The number of hydrogen-bond donors (Lipinski definition) is 1. The third kappa shape index (κ3) is 6.30. The first kappa shape index (κ1) is 21.8. The smallest absolute Gasteiger partial charge is 0.251 e. The molecule has 5 nitrogen and oxygen atoms in total. The summed E-state index contributed by atoms with van der Waals surface area (Å²) in [5.74, 6) is 5.88. The van der Waals surface area contributed by atoms with Gasteiger partial charge in [0.1, 0.15) is 0 Å². The van der Waals surface area contributed by atoms with Crippen LogP contribution in [0, 0.1) is 23.2 Å². The van der Waals surface area contributed by atoms with Gasteiger partial charge in [0.05, 0.1) is 16.5 Å². The van der Waals surface area contributed by atoms with Crippen molar-refractivity contribution < 1.29 is 13.2 Å². The summed E-state index contributed by atoms with van der Waals surface area (Å²) in [5, 5.41) is 11.8. The van der Waals surface area contributed by atoms with Crippen molar-refractivity contribution in [2.75, 3.05) is 6.26 Å². The molecule has 0 spiro atoms. The Morgan fingerprint density at radius 3 is 2.35 bits per heavy atom. The molecule has 0 bridgehead atoms. The van der Waals surface area contributed by atoms with E-state index in [0.29, 0.717) is 17.5 Å². The van der Waals surface area contributed by atoms with E-state index in [1.165, 1.54) is 12.1 Å². The third-order valence-electron chi connectivity index (χ3n) is 4.51. The maximum Gasteiger partial charge on any atom is 0.251 e. The fourth-order valence-electron chi connectivity index (χ4n) is 2.88. The SMILES string of the molecule is CS(=O)(=O)c1ccc(CNC(=O)c2cccc(C#CCc3cccc(C#N)c3)c2)cc1. The zero-order valence-corrected chi connectivity index (χ0v) is 17.7. The first-order chi connectivity index (χ1) is 14.8. The Hall–Kier alpha value is -3.87. The summed E-state index contributed by atoms with van der Waals surface area (Å²) >= 11 is 0. The van der Waals surface area contributed by atoms with E-state index in [4.69, 9.17) is 5.26 Å². The molecule has 0 unspecified atom stereocenters. The molecule has 1 N–H and O–H groups in total. The number of nitrogens with zero attached hydrogens (tertiary/aromatic N) is 1. The van der Waals surface area contributed by atoms with Crippen LogP contribution in [-0.2, 0) is 22.8 Å². The molecule has 0 radical (unpaired) electrons. The monoisotopic (exact) mass is 428 g/mol. The molecule has 0 aromatic heterocycles. The third-order valence-corrected chi connectivity index (χ3v) is 5.64. The van der Waals surface area contributed by atoms with Gasteiger partial charge in [-0.05, 0) is 53.6 Å². The van der Waals surface area contributed by atoms with Gasteiger partial charge >= 0.3 is 0 Å². The lowest BCUT2D eigenvalue weighted by molar-refractivity contribution is 0.0951. The minimum atomic E-state index is -3.24. The van der Waals surface area contributed by atoms with Gasteiger partial charge in [-0.15, -0.1) is 0 Å². The summed E-state index contributed by atoms with van der Waals surface area (Å²) < 4.78 is 23.0. The van der Waals surface area contributed by atoms with Gasteiger partial charge in [0.25, 0.3) is 5.91 Å². The summed E-state index contributed by atoms with van der Waals surface area (Å²) in [5.41, 5.74) is 3.58. The predicted octanol–water partition coefficient (Wildman–Crippen LogP) is 3.49. The summed E-state index contributed by atoms with van der Waals surface area (Å²) in [6.45, 7) is 0.286. The topological polar surface area (TPSA) is 87.0 Å². The number of carbonyl (C=O) groups is 1. The lowest BCUT2D eigenvalue weighted by atomic mass is 10.1. The highest BCUT2D eigenvalue weighted by Crippen LogP contribution is 2.11. The van der Waals surface area contributed by atoms with Crippen molar-refractivity contribution in [3.05, 3.63) is 101 Å². The van der Waals surface area contributed by atoms with E-state index >= 15 is 0 Å². The highest BCUT2D eigenvalue weighted by Gasteiger charge is 2.08. The fraction of sp³-hybridized carbons (Fsp3) is 0.120. The number of amides is 1. The molecule has 0 aliphatic carbocycles. The van der Waals surface area contributed by atoms with Crippen molar-refractivity contribution >= 4 is 15.7 Å². The molecule has 0 aliphatic rings. The van der Waals surface area contributed by atoms with Crippen molar-refractivity contribution in [3.63, 3.8) is 0 Å². The number of carbonyl (C=O) groups excluding carboxylic acids is 1. The molecule has 3 rings (SSSR count). The van der Waals surface area contributed by atoms with Crippen LogP contribution in [0.25, 0.3) is 0 Å². The van der Waals surface area contributed by atoms with Gasteiger partial charge in [-0.1, -0.05) is 42.2 Å². The predicted molar refractivity (Wildman–Crippen MR) is 119 cm³/mol. The van der Waals surface area contributed by atoms with Crippen LogP contribution in [0.2, 0.25) is 0 Å². The Labute approximate surface area is 182 Å². The fourth-order valence-corrected chi connectivity index (χ4v) is 3.51. The average Bonchev–Trinajstić information content (AvgIpc) is 2.77. The number of rotatable bonds is 5. The zero-order valence-electron chi connectivity index (χ0n) is 16.9. The van der Waals surface area contributed by atoms with Gasteiger partial charge in [-0.2, -0.15) is 5.26 Å². The molecular weight excluding hydrogens is 408 g/mol. The van der Waals surface area contributed by atoms with Crippen LogP contribution in [0.3, 0.4) is 0 Å². The Bertz CT molecular complexity index is 1310. The molecule has 3 aromatic rings. The van der Waals surface area contributed by atoms with E-state index in [2.05, 4.69) is 23.2 Å². The van der Waals surface area contributed by atoms with Crippen LogP contribution in [-0.4, -0.2) is 20.6 Å². The quantitative estimate of drug-likeness (QED) is 0.630. The highest BCUT2D eigenvalue weighted by molar-refractivity contribution is 7.90. The van der Waals surface area contributed by atoms with Crippen molar-refractivity contribution in [2.45, 2.75) is 17.9 Å². The summed E-state index contributed by atoms with van der Waals surface area (Å²) in [7, 11) is -3.24. The second-order valence-corrected chi connectivity index (χ2v) is 8.99. The van der Waals surface area contributed by atoms with E-state index in [1.54, 1.807) is 42.5 Å². The molecule has 0 fully saturated rings. The second kappa shape index (κ2) is 9.75. The zero-order chi connectivity index (χ0) is 22.3. The number of sulfone groups is 1. The number of hydrogen-bond acceptors (Lipinski definition) is 4. The van der Waals surface area contributed by atoms with Crippen LogP contribution in [0.4, 0.5) is 0 Å². The molecule has 1 amide bonds. The maximum atomic E-state index is 12.5. The van der Waals surface area contributed by atoms with Crippen LogP contribution >= 0.6 is 0 Å². The molecule has 31 heavy (non-hydrogen) atoms. The minimum Gasteiger partial charge on any atom is -0.348 e. The lowest BCUT2D eigenvalue weighted by Crippen LogP contribution is -2.22. The van der Waals surface area contributed by atoms with Gasteiger partial charge in [-0.25, -0.2) is 8.42 Å². The van der Waals surface area contributed by atoms with Crippen molar-refractivity contribution in [1.82, 2.24) is 5.32 Å². The number of benzene rings is 3. The second-order valence-electron chi connectivity index (χ2n) is 6.97. The van der Waals surface area contributed by atoms with Gasteiger partial charge < -0.3 is 5.32 Å². The number of nitrogens with one attached hydrogen (secondary N) is 1. The normalized spacial score (nSPS) is 10.5. The first-order valence-electron chi connectivity index (χ1n) is 9.50. The van der Waals surface area contributed by atoms with Crippen molar-refractivity contribution in [1.29, 1.82) is 5.26 Å². The van der Waals surface area contributed by atoms with E-state index < -0.39 is 9.84 Å². The maximum absolute atomic E-state index is 12.5. The van der Waals surface area contributed by atoms with Crippen LogP contribution in [0.5, 0.6) is 0 Å². The first-order valence-corrected chi connectivity index (χ1v) is 11.4. The summed E-state index contributed by atoms with van der Waals surface area (Å²) in [4.78, 5) is 12.7. The summed E-state index contributed by atoms with van der Waals surface area (Å²) in [6, 6.07) is 22.9. The lowest BCUT2D eigenvalue weighted by Gasteiger charge is -2.07. The molecule has 3 aromatic carbocycles. The Balaban J connectivity index is 1.62. The van der Waals surface area contributed by atoms with E-state index in [-0.39, 0.29) is 17.3 Å². The molecule has 0 saturated carbocycles. The van der Waals surface area contributed by atoms with E-state index in [9.17, 15) is 13.2 Å². The van der Waals surface area contributed by atoms with E-state index in [0.717, 1.165) is 22.9 Å². The van der Waals surface area contributed by atoms with Crippen LogP contribution < -0.4 is 5.32 Å². The Kier molecular flexibility index (Phi) is 6.87. The molecule has 0 saturated heterocycles. The Morgan fingerprint density at radius 1 is 0.935 bits per heavy atom. The summed E-state index contributed by atoms with van der Waals surface area (Å²) in [6.07, 6.45) is 1.67. The molecular formula is C25H20N2O3S. The van der Waals surface area contributed by atoms with E-state index in [1.807, 2.05) is 18.2 Å².